The summed E-state index contributed by atoms with van der Waals surface area (Å²) >= 11 is 0. The zero-order chi connectivity index (χ0) is 54.3. The van der Waals surface area contributed by atoms with Crippen molar-refractivity contribution in [3.05, 3.63) is 200 Å². The number of halogens is 3. The van der Waals surface area contributed by atoms with Crippen LogP contribution in [-0.2, 0) is 21.1 Å². The van der Waals surface area contributed by atoms with Crippen LogP contribution in [-0.4, -0.2) is 51.7 Å². The highest BCUT2D eigenvalue weighted by atomic mass is 19.4. The lowest BCUT2D eigenvalue weighted by molar-refractivity contribution is -0.137. The maximum atomic E-state index is 15.1. The van der Waals surface area contributed by atoms with Crippen molar-refractivity contribution in [2.24, 2.45) is 5.92 Å². The van der Waals surface area contributed by atoms with Gasteiger partial charge in [0.1, 0.15) is 23.9 Å². The van der Waals surface area contributed by atoms with Crippen LogP contribution in [0.2, 0.25) is 0 Å². The maximum absolute atomic E-state index is 15.1. The Morgan fingerprint density at radius 3 is 2.23 bits per heavy atom. The lowest BCUT2D eigenvalue weighted by Gasteiger charge is -2.35. The van der Waals surface area contributed by atoms with Crippen LogP contribution in [0.15, 0.2) is 145 Å². The van der Waals surface area contributed by atoms with Crippen LogP contribution in [0, 0.1) is 5.92 Å². The van der Waals surface area contributed by atoms with Gasteiger partial charge >= 0.3 is 6.18 Å². The first kappa shape index (κ1) is 51.8. The van der Waals surface area contributed by atoms with Gasteiger partial charge in [-0.2, -0.15) is 13.2 Å². The molecule has 1 amide bonds. The molecule has 1 saturated heterocycles. The Hall–Kier alpha value is -7.89. The highest BCUT2D eigenvalue weighted by molar-refractivity contribution is 6.28. The van der Waals surface area contributed by atoms with E-state index < -0.39 is 23.1 Å². The number of methoxy groups -OCH3 is 1. The molecule has 3 aliphatic heterocycles. The molecule has 1 unspecified atom stereocenters. The van der Waals surface area contributed by atoms with Crippen LogP contribution in [0.3, 0.4) is 0 Å². The van der Waals surface area contributed by atoms with Gasteiger partial charge in [-0.1, -0.05) is 124 Å². The van der Waals surface area contributed by atoms with Gasteiger partial charge in [-0.25, -0.2) is 0 Å². The van der Waals surface area contributed by atoms with E-state index in [4.69, 9.17) is 18.9 Å². The fourth-order valence-electron chi connectivity index (χ4n) is 12.7. The van der Waals surface area contributed by atoms with E-state index >= 15 is 13.2 Å². The molecular weight excluding hydrogens is 998 g/mol. The molecule has 1 saturated carbocycles. The number of hydrogen-bond acceptors (Lipinski definition) is 7. The molecule has 1 atom stereocenters. The number of ether oxygens (including phenoxy) is 4. The normalized spacial score (nSPS) is 20.3. The number of anilines is 2. The summed E-state index contributed by atoms with van der Waals surface area (Å²) in [5.74, 6) is 2.19. The summed E-state index contributed by atoms with van der Waals surface area (Å²) in [7, 11) is 1.64. The van der Waals surface area contributed by atoms with Crippen molar-refractivity contribution in [2.75, 3.05) is 50.2 Å². The van der Waals surface area contributed by atoms with E-state index in [0.29, 0.717) is 52.9 Å². The number of rotatable bonds is 13. The minimum absolute atomic E-state index is 0.0166. The molecule has 12 rings (SSSR count). The lowest BCUT2D eigenvalue weighted by Crippen LogP contribution is -2.39. The summed E-state index contributed by atoms with van der Waals surface area (Å²) in [6.07, 6.45) is 18.6. The smallest absolute Gasteiger partial charge is 0.417 e. The van der Waals surface area contributed by atoms with Crippen molar-refractivity contribution in [3.8, 4) is 28.4 Å². The van der Waals surface area contributed by atoms with Crippen molar-refractivity contribution in [1.29, 1.82) is 0 Å². The fraction of sp³-hybridized carbons (Fsp3) is 0.294. The van der Waals surface area contributed by atoms with Crippen LogP contribution in [0.5, 0.6) is 17.2 Å². The number of alkyl halides is 3. The average Bonchev–Trinajstić information content (AvgIpc) is 3.69. The highest BCUT2D eigenvalue weighted by Gasteiger charge is 2.40. The SMILES string of the molecule is CCCCCC1CCC(c2ccc(-c3ccc(C(=O)Nc4ccc(C5=CC6=C(C(=O)C5)c5c(c7c(c8c5OC=CC=8)=CC(c5ccc(OC)cc5)(c5ccc(N8CCOCC8)cc5)C=C7)OC6)c(C(F)(F)F)c4)cc3)cc2)CC1. The minimum atomic E-state index is -4.81. The van der Waals surface area contributed by atoms with Gasteiger partial charge in [-0.05, 0) is 142 Å². The standard InChI is InChI=1S/C68H63F3N2O6/c1-3-4-5-7-43-9-11-44(12-10-43)45-13-15-46(16-14-45)47-17-19-48(20-18-47)66(75)72-53-25-30-56(60(40-53)68(69,70)71)49-38-50-42-79-65-58-31-32-67(52-23-28-55(76-2)29-24-52,51-21-26-54(27-22-51)73-33-36-77-37-34-73)41-59(58)57-8-6-35-78-64(57)63(65)62(50)61(74)39-49/h6,8,13-32,35,38,40-41,43-44H,3-5,7,9-12,33-34,36-37,39,42H2,1-2H3,(H,72,75). The number of Topliss-reactive ketones (excluding diaryl/α,β-unsaturated/α-hetero) is 1. The molecule has 402 valence electrons. The molecule has 0 spiro atoms. The van der Waals surface area contributed by atoms with Crippen LogP contribution in [0.4, 0.5) is 24.5 Å². The van der Waals surface area contributed by atoms with Gasteiger partial charge in [-0.15, -0.1) is 0 Å². The molecule has 6 aliphatic rings. The van der Waals surface area contributed by atoms with Crippen molar-refractivity contribution < 1.29 is 41.7 Å². The van der Waals surface area contributed by atoms with E-state index in [0.717, 1.165) is 74.8 Å². The largest absolute Gasteiger partial charge is 0.497 e. The Balaban J connectivity index is 0.813. The predicted molar refractivity (Wildman–Crippen MR) is 307 cm³/mol. The Kier molecular flexibility index (Phi) is 14.3. The molecule has 0 bridgehead atoms. The molecule has 1 N–H and O–H groups in total. The molecule has 6 aromatic rings. The monoisotopic (exact) mass is 1060 g/mol. The number of amides is 1. The molecule has 2 fully saturated rings. The summed E-state index contributed by atoms with van der Waals surface area (Å²) in [6, 6.07) is 36.2. The summed E-state index contributed by atoms with van der Waals surface area (Å²) in [5, 5.41) is 4.30. The molecule has 6 aromatic carbocycles. The van der Waals surface area contributed by atoms with E-state index in [-0.39, 0.29) is 35.6 Å². The second-order valence-corrected chi connectivity index (χ2v) is 21.7. The summed E-state index contributed by atoms with van der Waals surface area (Å²) in [5.41, 5.74) is 7.21. The third-order valence-electron chi connectivity index (χ3n) is 17.0. The first-order chi connectivity index (χ1) is 38.5. The van der Waals surface area contributed by atoms with Gasteiger partial charge in [-0.3, -0.25) is 9.59 Å². The maximum Gasteiger partial charge on any atom is 0.417 e. The van der Waals surface area contributed by atoms with Crippen LogP contribution >= 0.6 is 0 Å². The Morgan fingerprint density at radius 2 is 1.53 bits per heavy atom. The number of benzene rings is 6. The molecule has 0 radical (unpaired) electrons. The summed E-state index contributed by atoms with van der Waals surface area (Å²) in [6.45, 7) is 5.20. The number of carbonyl (C=O) groups is 2. The molecule has 79 heavy (non-hydrogen) atoms. The summed E-state index contributed by atoms with van der Waals surface area (Å²) < 4.78 is 69.5. The van der Waals surface area contributed by atoms with Gasteiger partial charge in [0.2, 0.25) is 0 Å². The zero-order valence-electron chi connectivity index (χ0n) is 44.6. The fourth-order valence-corrected chi connectivity index (χ4v) is 12.7. The van der Waals surface area contributed by atoms with Crippen LogP contribution in [0.1, 0.15) is 120 Å². The van der Waals surface area contributed by atoms with Crippen molar-refractivity contribution in [2.45, 2.75) is 82.2 Å². The van der Waals surface area contributed by atoms with Crippen molar-refractivity contribution in [3.63, 3.8) is 0 Å². The van der Waals surface area contributed by atoms with Gasteiger partial charge in [0, 0.05) is 58.4 Å². The van der Waals surface area contributed by atoms with Crippen LogP contribution in [0.25, 0.3) is 40.5 Å². The van der Waals surface area contributed by atoms with E-state index in [2.05, 4.69) is 90.0 Å². The number of hydrogen-bond donors (Lipinski definition) is 1. The number of carbonyl (C=O) groups excluding carboxylic acids is 2. The number of unbranched alkanes of at least 4 members (excludes halogenated alkanes) is 2. The van der Waals surface area contributed by atoms with Gasteiger partial charge in [0.05, 0.1) is 43.1 Å². The van der Waals surface area contributed by atoms with Crippen molar-refractivity contribution >= 4 is 52.4 Å². The second kappa shape index (κ2) is 21.7. The quantitative estimate of drug-likeness (QED) is 0.115. The number of morpholine rings is 1. The van der Waals surface area contributed by atoms with E-state index in [9.17, 15) is 9.59 Å². The average molecular weight is 1060 g/mol. The highest BCUT2D eigenvalue weighted by Crippen LogP contribution is 2.49. The number of fused-ring (bicyclic) bond motifs is 7. The minimum Gasteiger partial charge on any atom is -0.497 e. The third kappa shape index (κ3) is 10.1. The zero-order valence-corrected chi connectivity index (χ0v) is 44.6. The number of allylic oxidation sites excluding steroid dienone is 4. The Bertz CT molecular complexity index is 3580. The lowest BCUT2D eigenvalue weighted by atomic mass is 9.70. The predicted octanol–water partition coefficient (Wildman–Crippen LogP) is 14.0. The van der Waals surface area contributed by atoms with Crippen LogP contribution < -0.4 is 34.9 Å². The van der Waals surface area contributed by atoms with E-state index in [1.165, 1.54) is 69.1 Å². The van der Waals surface area contributed by atoms with Gasteiger partial charge < -0.3 is 29.2 Å². The second-order valence-electron chi connectivity index (χ2n) is 21.7. The number of nitrogens with zero attached hydrogens (tertiary/aromatic N) is 1. The van der Waals surface area contributed by atoms with E-state index in [1.54, 1.807) is 31.6 Å². The van der Waals surface area contributed by atoms with E-state index in [1.807, 2.05) is 42.5 Å². The molecular formula is C68H63F3N2O6. The number of ketones is 1. The topological polar surface area (TPSA) is 86.3 Å². The van der Waals surface area contributed by atoms with Crippen molar-refractivity contribution in [1.82, 2.24) is 0 Å². The number of nitrogens with one attached hydrogen (secondary N) is 1. The first-order valence-corrected chi connectivity index (χ1v) is 27.8. The third-order valence-corrected chi connectivity index (χ3v) is 17.0. The summed E-state index contributed by atoms with van der Waals surface area (Å²) in [4.78, 5) is 30.5. The first-order valence-electron chi connectivity index (χ1n) is 27.8. The molecule has 3 aliphatic carbocycles. The van der Waals surface area contributed by atoms with Gasteiger partial charge in [0.15, 0.2) is 5.78 Å². The Morgan fingerprint density at radius 1 is 0.823 bits per heavy atom. The molecule has 3 heterocycles. The Labute approximate surface area is 459 Å². The molecule has 0 aromatic heterocycles. The molecule has 8 nitrogen and oxygen atoms in total. The molecule has 11 heteroatoms. The van der Waals surface area contributed by atoms with Gasteiger partial charge in [0.25, 0.3) is 5.91 Å².